The third-order valence-corrected chi connectivity index (χ3v) is 7.44. The topological polar surface area (TPSA) is 75.9 Å². The maximum absolute atomic E-state index is 12.7. The summed E-state index contributed by atoms with van der Waals surface area (Å²) < 4.78 is 2.05. The lowest BCUT2D eigenvalue weighted by atomic mass is 9.99. The van der Waals surface area contributed by atoms with Gasteiger partial charge in [-0.1, -0.05) is 49.0 Å². The molecule has 5 rings (SSSR count). The summed E-state index contributed by atoms with van der Waals surface area (Å²) >= 11 is 1.39. The van der Waals surface area contributed by atoms with Gasteiger partial charge in [0.2, 0.25) is 5.91 Å². The molecule has 1 aliphatic heterocycles. The summed E-state index contributed by atoms with van der Waals surface area (Å²) in [6, 6.07) is 22.2. The second-order valence-corrected chi connectivity index (χ2v) is 10.1. The summed E-state index contributed by atoms with van der Waals surface area (Å²) in [4.78, 5) is 19.3. The number of amides is 1. The Morgan fingerprint density at radius 3 is 2.42 bits per heavy atom. The van der Waals surface area contributed by atoms with Crippen LogP contribution in [0.4, 0.5) is 11.4 Å². The van der Waals surface area contributed by atoms with Gasteiger partial charge in [0.15, 0.2) is 11.0 Å². The zero-order valence-corrected chi connectivity index (χ0v) is 21.2. The Kier molecular flexibility index (Phi) is 7.61. The van der Waals surface area contributed by atoms with Gasteiger partial charge < -0.3 is 10.2 Å². The van der Waals surface area contributed by atoms with Gasteiger partial charge in [0.25, 0.3) is 0 Å². The fourth-order valence-corrected chi connectivity index (χ4v) is 5.11. The van der Waals surface area contributed by atoms with Crippen molar-refractivity contribution in [1.82, 2.24) is 19.7 Å². The molecule has 184 valence electrons. The van der Waals surface area contributed by atoms with E-state index in [1.54, 1.807) is 12.4 Å². The molecule has 1 saturated heterocycles. The van der Waals surface area contributed by atoms with Crippen LogP contribution in [0.5, 0.6) is 0 Å². The molecule has 3 heterocycles. The molecule has 7 nitrogen and oxygen atoms in total. The van der Waals surface area contributed by atoms with Crippen LogP contribution in [0.25, 0.3) is 11.4 Å². The Morgan fingerprint density at radius 1 is 0.972 bits per heavy atom. The highest BCUT2D eigenvalue weighted by atomic mass is 32.2. The largest absolute Gasteiger partial charge is 0.372 e. The lowest BCUT2D eigenvalue weighted by Crippen LogP contribution is -2.32. The SMILES string of the molecule is CC1CCN(c2ccc(NC(=O)CSc3nnc(-c4ccncc4)n3Cc3ccccc3)cc2)CC1. The summed E-state index contributed by atoms with van der Waals surface area (Å²) in [6.45, 7) is 5.12. The Balaban J connectivity index is 1.24. The number of pyridine rings is 1. The molecule has 8 heteroatoms. The van der Waals surface area contributed by atoms with Crippen molar-refractivity contribution in [3.8, 4) is 11.4 Å². The molecule has 1 amide bonds. The zero-order chi connectivity index (χ0) is 24.7. The van der Waals surface area contributed by atoms with Crippen LogP contribution >= 0.6 is 11.8 Å². The molecule has 1 fully saturated rings. The molecule has 2 aromatic heterocycles. The van der Waals surface area contributed by atoms with Gasteiger partial charge in [-0.15, -0.1) is 10.2 Å². The van der Waals surface area contributed by atoms with Gasteiger partial charge in [-0.05, 0) is 60.7 Å². The number of piperidine rings is 1. The number of hydrogen-bond acceptors (Lipinski definition) is 6. The first-order valence-electron chi connectivity index (χ1n) is 12.3. The third-order valence-electron chi connectivity index (χ3n) is 6.47. The molecule has 0 saturated carbocycles. The van der Waals surface area contributed by atoms with E-state index in [0.717, 1.165) is 41.6 Å². The van der Waals surface area contributed by atoms with Crippen LogP contribution in [-0.4, -0.2) is 44.5 Å². The molecule has 0 atom stereocenters. The van der Waals surface area contributed by atoms with Crippen LogP contribution in [0.15, 0.2) is 84.3 Å². The van der Waals surface area contributed by atoms with Crippen molar-refractivity contribution in [2.75, 3.05) is 29.1 Å². The first kappa shape index (κ1) is 24.1. The molecule has 0 spiro atoms. The van der Waals surface area contributed by atoms with E-state index in [-0.39, 0.29) is 11.7 Å². The Labute approximate surface area is 216 Å². The van der Waals surface area contributed by atoms with Gasteiger partial charge in [0.1, 0.15) is 0 Å². The molecule has 0 unspecified atom stereocenters. The van der Waals surface area contributed by atoms with Crippen molar-refractivity contribution in [3.05, 3.63) is 84.7 Å². The first-order chi connectivity index (χ1) is 17.7. The van der Waals surface area contributed by atoms with E-state index in [1.807, 2.05) is 42.5 Å². The number of hydrogen-bond donors (Lipinski definition) is 1. The predicted octanol–water partition coefficient (Wildman–Crippen LogP) is 5.36. The van der Waals surface area contributed by atoms with Gasteiger partial charge in [-0.25, -0.2) is 0 Å². The maximum Gasteiger partial charge on any atom is 0.234 e. The van der Waals surface area contributed by atoms with Gasteiger partial charge in [-0.2, -0.15) is 0 Å². The first-order valence-corrected chi connectivity index (χ1v) is 13.3. The molecule has 0 aliphatic carbocycles. The number of anilines is 2. The highest BCUT2D eigenvalue weighted by Gasteiger charge is 2.18. The monoisotopic (exact) mass is 498 g/mol. The summed E-state index contributed by atoms with van der Waals surface area (Å²) in [5.74, 6) is 1.73. The molecule has 1 aliphatic rings. The normalized spacial score (nSPS) is 14.1. The number of nitrogens with one attached hydrogen (secondary N) is 1. The average Bonchev–Trinajstić information content (AvgIpc) is 3.32. The van der Waals surface area contributed by atoms with Crippen molar-refractivity contribution < 1.29 is 4.79 Å². The van der Waals surface area contributed by atoms with Crippen molar-refractivity contribution >= 4 is 29.0 Å². The zero-order valence-electron chi connectivity index (χ0n) is 20.4. The summed E-state index contributed by atoms with van der Waals surface area (Å²) in [6.07, 6.45) is 5.95. The van der Waals surface area contributed by atoms with Crippen LogP contribution in [0.2, 0.25) is 0 Å². The van der Waals surface area contributed by atoms with E-state index in [9.17, 15) is 4.79 Å². The highest BCUT2D eigenvalue weighted by Crippen LogP contribution is 2.26. The molecule has 4 aromatic rings. The smallest absolute Gasteiger partial charge is 0.234 e. The molecular formula is C28H30N6OS. The summed E-state index contributed by atoms with van der Waals surface area (Å²) in [5.41, 5.74) is 4.10. The number of benzene rings is 2. The minimum atomic E-state index is -0.0701. The lowest BCUT2D eigenvalue weighted by molar-refractivity contribution is -0.113. The van der Waals surface area contributed by atoms with Gasteiger partial charge in [-0.3, -0.25) is 14.3 Å². The van der Waals surface area contributed by atoms with Crippen molar-refractivity contribution in [3.63, 3.8) is 0 Å². The van der Waals surface area contributed by atoms with Crippen LogP contribution in [0, 0.1) is 5.92 Å². The predicted molar refractivity (Wildman–Crippen MR) is 145 cm³/mol. The quantitative estimate of drug-likeness (QED) is 0.330. The standard InChI is InChI=1S/C28H30N6OS/c1-21-13-17-33(18-14-21)25-9-7-24(8-10-25)30-26(35)20-36-28-32-31-27(23-11-15-29-16-12-23)34(28)19-22-5-3-2-4-6-22/h2-12,15-16,21H,13-14,17-20H2,1H3,(H,30,35). The van der Waals surface area contributed by atoms with E-state index in [1.165, 1.54) is 30.3 Å². The van der Waals surface area contributed by atoms with E-state index >= 15 is 0 Å². The van der Waals surface area contributed by atoms with Crippen LogP contribution in [0.1, 0.15) is 25.3 Å². The fraction of sp³-hybridized carbons (Fsp3) is 0.286. The fourth-order valence-electron chi connectivity index (χ4n) is 4.37. The Hall–Kier alpha value is -3.65. The summed E-state index contributed by atoms with van der Waals surface area (Å²) in [7, 11) is 0. The second-order valence-electron chi connectivity index (χ2n) is 9.17. The van der Waals surface area contributed by atoms with E-state index in [2.05, 4.69) is 61.2 Å². The van der Waals surface area contributed by atoms with Crippen molar-refractivity contribution in [2.45, 2.75) is 31.5 Å². The van der Waals surface area contributed by atoms with Crippen LogP contribution in [-0.2, 0) is 11.3 Å². The van der Waals surface area contributed by atoms with E-state index < -0.39 is 0 Å². The average molecular weight is 499 g/mol. The highest BCUT2D eigenvalue weighted by molar-refractivity contribution is 7.99. The number of thioether (sulfide) groups is 1. The van der Waals surface area contributed by atoms with Crippen molar-refractivity contribution in [1.29, 1.82) is 0 Å². The van der Waals surface area contributed by atoms with Crippen LogP contribution in [0.3, 0.4) is 0 Å². The number of carbonyl (C=O) groups is 1. The van der Waals surface area contributed by atoms with Gasteiger partial charge in [0, 0.05) is 42.4 Å². The molecular weight excluding hydrogens is 468 g/mol. The Bertz CT molecular complexity index is 1270. The number of aromatic nitrogens is 4. The molecule has 36 heavy (non-hydrogen) atoms. The molecule has 1 N–H and O–H groups in total. The second kappa shape index (κ2) is 11.4. The lowest BCUT2D eigenvalue weighted by Gasteiger charge is -2.32. The molecule has 0 bridgehead atoms. The van der Waals surface area contributed by atoms with E-state index in [0.29, 0.717) is 11.7 Å². The molecule has 2 aromatic carbocycles. The van der Waals surface area contributed by atoms with E-state index in [4.69, 9.17) is 0 Å². The number of carbonyl (C=O) groups excluding carboxylic acids is 1. The third kappa shape index (κ3) is 5.94. The van der Waals surface area contributed by atoms with Crippen LogP contribution < -0.4 is 10.2 Å². The minimum absolute atomic E-state index is 0.0701. The van der Waals surface area contributed by atoms with Gasteiger partial charge in [0.05, 0.1) is 12.3 Å². The molecule has 0 radical (unpaired) electrons. The minimum Gasteiger partial charge on any atom is -0.372 e. The maximum atomic E-state index is 12.7. The van der Waals surface area contributed by atoms with Gasteiger partial charge >= 0.3 is 0 Å². The summed E-state index contributed by atoms with van der Waals surface area (Å²) in [5, 5.41) is 12.6. The Morgan fingerprint density at radius 2 is 1.69 bits per heavy atom. The number of nitrogens with zero attached hydrogens (tertiary/aromatic N) is 5. The van der Waals surface area contributed by atoms with Crippen molar-refractivity contribution in [2.24, 2.45) is 5.92 Å². The number of rotatable bonds is 8.